The first-order valence-electron chi connectivity index (χ1n) is 13.0. The van der Waals surface area contributed by atoms with E-state index in [1.54, 1.807) is 12.1 Å². The molecule has 1 unspecified atom stereocenters. The van der Waals surface area contributed by atoms with Gasteiger partial charge in [0, 0.05) is 29.6 Å². The molecule has 1 aromatic heterocycles. The van der Waals surface area contributed by atoms with Crippen LogP contribution < -0.4 is 21.7 Å². The average molecular weight is 564 g/mol. The third-order valence-corrected chi connectivity index (χ3v) is 9.18. The van der Waals surface area contributed by atoms with Gasteiger partial charge in [0.2, 0.25) is 0 Å². The van der Waals surface area contributed by atoms with E-state index in [9.17, 15) is 9.90 Å². The monoisotopic (exact) mass is 563 g/mol. The Morgan fingerprint density at radius 3 is 2.33 bits per heavy atom. The fourth-order valence-corrected chi connectivity index (χ4v) is 6.81. The smallest absolute Gasteiger partial charge is 0.277 e. The van der Waals surface area contributed by atoms with Crippen LogP contribution in [0.25, 0.3) is 0 Å². The first kappa shape index (κ1) is 27.4. The lowest BCUT2D eigenvalue weighted by Crippen LogP contribution is -2.50. The molecule has 2 fully saturated rings. The van der Waals surface area contributed by atoms with Crippen molar-refractivity contribution in [3.05, 3.63) is 105 Å². The summed E-state index contributed by atoms with van der Waals surface area (Å²) in [6.45, 7) is 2.51. The van der Waals surface area contributed by atoms with Crippen LogP contribution in [0.2, 0.25) is 5.02 Å². The zero-order valence-electron chi connectivity index (χ0n) is 21.6. The second-order valence-electron chi connectivity index (χ2n) is 10.0. The molecule has 39 heavy (non-hydrogen) atoms. The Kier molecular flexibility index (Phi) is 8.09. The van der Waals surface area contributed by atoms with Crippen molar-refractivity contribution in [2.75, 3.05) is 24.6 Å². The third kappa shape index (κ3) is 5.47. The number of rotatable bonds is 6. The van der Waals surface area contributed by atoms with E-state index < -0.39 is 11.6 Å². The maximum absolute atomic E-state index is 13.6. The van der Waals surface area contributed by atoms with Crippen molar-refractivity contribution in [2.45, 2.75) is 47.1 Å². The van der Waals surface area contributed by atoms with Crippen LogP contribution in [0.15, 0.2) is 93.4 Å². The fourth-order valence-electron chi connectivity index (χ4n) is 5.71. The van der Waals surface area contributed by atoms with Gasteiger partial charge in [0.05, 0.1) is 28.2 Å². The Morgan fingerprint density at radius 2 is 1.62 bits per heavy atom. The number of morpholine rings is 1. The molecule has 6 rings (SSSR count). The highest BCUT2D eigenvalue weighted by atomic mass is 35.5. The molecule has 0 bridgehead atoms. The van der Waals surface area contributed by atoms with Gasteiger partial charge in [-0.25, -0.2) is 0 Å². The van der Waals surface area contributed by atoms with E-state index in [2.05, 4.69) is 34.3 Å². The van der Waals surface area contributed by atoms with Crippen molar-refractivity contribution in [2.24, 2.45) is 0 Å². The molecule has 1 atom stereocenters. The van der Waals surface area contributed by atoms with Crippen LogP contribution in [0.4, 0.5) is 5.69 Å². The van der Waals surface area contributed by atoms with Gasteiger partial charge in [-0.2, -0.15) is 0 Å². The Labute approximate surface area is 237 Å². The van der Waals surface area contributed by atoms with E-state index in [4.69, 9.17) is 16.3 Å². The van der Waals surface area contributed by atoms with Crippen LogP contribution in [0.3, 0.4) is 0 Å². The molecule has 204 valence electrons. The van der Waals surface area contributed by atoms with E-state index in [1.807, 2.05) is 42.5 Å². The number of aromatic nitrogens is 2. The van der Waals surface area contributed by atoms with Crippen LogP contribution in [0.5, 0.6) is 5.88 Å². The van der Waals surface area contributed by atoms with Crippen molar-refractivity contribution >= 4 is 29.1 Å². The molecule has 0 amide bonds. The summed E-state index contributed by atoms with van der Waals surface area (Å²) >= 11 is 7.40. The van der Waals surface area contributed by atoms with E-state index in [-0.39, 0.29) is 22.5 Å². The molecule has 0 radical (unpaired) electrons. The van der Waals surface area contributed by atoms with Gasteiger partial charge in [-0.1, -0.05) is 90.8 Å². The molecule has 7 nitrogen and oxygen atoms in total. The molecule has 1 spiro atoms. The Balaban J connectivity index is 0.00000308. The molecule has 3 aromatic carbocycles. The maximum Gasteiger partial charge on any atom is 0.277 e. The Bertz CT molecular complexity index is 1470. The van der Waals surface area contributed by atoms with Crippen molar-refractivity contribution in [3.8, 4) is 5.88 Å². The largest absolute Gasteiger partial charge is 0.858 e. The molecule has 2 aliphatic rings. The van der Waals surface area contributed by atoms with Gasteiger partial charge in [0.1, 0.15) is 0 Å². The SMILES string of the molecule is N.O=c1[nH]n(C(c2ccccc2)c2ccc(N3CCOC4(CCCC4)C3)cc2)c([O-])c1Sc1ccccc1Cl. The van der Waals surface area contributed by atoms with Gasteiger partial charge in [-0.05, 0) is 48.2 Å². The highest BCUT2D eigenvalue weighted by molar-refractivity contribution is 7.99. The van der Waals surface area contributed by atoms with Crippen LogP contribution in [0, 0.1) is 0 Å². The van der Waals surface area contributed by atoms with E-state index in [0.717, 1.165) is 61.1 Å². The molecule has 1 aliphatic carbocycles. The number of anilines is 1. The molecule has 9 heteroatoms. The quantitative estimate of drug-likeness (QED) is 0.298. The van der Waals surface area contributed by atoms with Crippen LogP contribution in [-0.2, 0) is 4.74 Å². The number of hydrogen-bond donors (Lipinski definition) is 2. The summed E-state index contributed by atoms with van der Waals surface area (Å²) in [7, 11) is 0. The van der Waals surface area contributed by atoms with Crippen LogP contribution in [-0.4, -0.2) is 35.1 Å². The van der Waals surface area contributed by atoms with Crippen LogP contribution in [0.1, 0.15) is 42.9 Å². The number of hydrogen-bond acceptors (Lipinski definition) is 6. The zero-order chi connectivity index (χ0) is 26.1. The number of H-pyrrole nitrogens is 1. The summed E-state index contributed by atoms with van der Waals surface area (Å²) in [6, 6.07) is 24.9. The first-order chi connectivity index (χ1) is 18.5. The Morgan fingerprint density at radius 1 is 0.949 bits per heavy atom. The van der Waals surface area contributed by atoms with Gasteiger partial charge >= 0.3 is 0 Å². The summed E-state index contributed by atoms with van der Waals surface area (Å²) in [5.74, 6) is -0.366. The lowest BCUT2D eigenvalue weighted by Gasteiger charge is -2.41. The zero-order valence-corrected chi connectivity index (χ0v) is 23.2. The van der Waals surface area contributed by atoms with E-state index in [0.29, 0.717) is 9.92 Å². The number of halogens is 1. The van der Waals surface area contributed by atoms with Crippen molar-refractivity contribution in [1.29, 1.82) is 0 Å². The predicted octanol–water partition coefficient (Wildman–Crippen LogP) is 6.00. The maximum atomic E-state index is 13.6. The van der Waals surface area contributed by atoms with Gasteiger partial charge in [0.15, 0.2) is 0 Å². The summed E-state index contributed by atoms with van der Waals surface area (Å²) < 4.78 is 7.65. The standard InChI is InChI=1S/C30H30ClN3O3S.H3N/c31-24-10-4-5-11-25(24)38-27-28(35)32-34(29(27)36)26(21-8-2-1-3-9-21)22-12-14-23(15-13-22)33-18-19-37-30(20-33)16-6-7-17-30;/h1-5,8-15,26,36H,6-7,16-20H2,(H,32,35);1H3/p-1. The molecular weight excluding hydrogens is 532 g/mol. The average Bonchev–Trinajstić information content (AvgIpc) is 3.50. The minimum atomic E-state index is -0.475. The van der Waals surface area contributed by atoms with E-state index >= 15 is 0 Å². The highest BCUT2D eigenvalue weighted by Gasteiger charge is 2.39. The minimum absolute atomic E-state index is 0. The highest BCUT2D eigenvalue weighted by Crippen LogP contribution is 2.39. The number of ether oxygens (including phenoxy) is 1. The van der Waals surface area contributed by atoms with Crippen molar-refractivity contribution in [1.82, 2.24) is 15.9 Å². The molecule has 1 saturated carbocycles. The van der Waals surface area contributed by atoms with E-state index in [1.165, 1.54) is 17.5 Å². The summed E-state index contributed by atoms with van der Waals surface area (Å²) in [4.78, 5) is 16.1. The van der Waals surface area contributed by atoms with Crippen molar-refractivity contribution < 1.29 is 9.84 Å². The number of nitrogens with zero attached hydrogens (tertiary/aromatic N) is 2. The van der Waals surface area contributed by atoms with Crippen LogP contribution >= 0.6 is 23.4 Å². The second-order valence-corrected chi connectivity index (χ2v) is 11.5. The third-order valence-electron chi connectivity index (χ3n) is 7.60. The van der Waals surface area contributed by atoms with Gasteiger partial charge < -0.3 is 20.9 Å². The summed E-state index contributed by atoms with van der Waals surface area (Å²) in [5, 5.41) is 16.9. The van der Waals surface area contributed by atoms with Gasteiger partial charge in [-0.3, -0.25) is 14.6 Å². The molecule has 4 N–H and O–H groups in total. The number of benzene rings is 3. The predicted molar refractivity (Wildman–Crippen MR) is 155 cm³/mol. The molecule has 1 aliphatic heterocycles. The Hall–Kier alpha value is -3.17. The molecular formula is C30H32ClN4O3S-. The number of nitrogens with one attached hydrogen (secondary N) is 1. The molecule has 1 saturated heterocycles. The topological polar surface area (TPSA) is 108 Å². The van der Waals surface area contributed by atoms with Gasteiger partial charge in [-0.15, -0.1) is 0 Å². The fraction of sp³-hybridized carbons (Fsp3) is 0.300. The lowest BCUT2D eigenvalue weighted by atomic mass is 9.97. The van der Waals surface area contributed by atoms with Gasteiger partial charge in [0.25, 0.3) is 5.56 Å². The van der Waals surface area contributed by atoms with Crippen molar-refractivity contribution in [3.63, 3.8) is 0 Å². The minimum Gasteiger partial charge on any atom is -0.858 e. The first-order valence-corrected chi connectivity index (χ1v) is 14.2. The molecule has 2 heterocycles. The normalized spacial score (nSPS) is 17.2. The number of aromatic amines is 1. The lowest BCUT2D eigenvalue weighted by molar-refractivity contribution is -0.284. The summed E-state index contributed by atoms with van der Waals surface area (Å²) in [6.07, 6.45) is 4.71. The summed E-state index contributed by atoms with van der Waals surface area (Å²) in [5.41, 5.74) is 2.54. The molecule has 4 aromatic rings. The second kappa shape index (κ2) is 11.5.